The van der Waals surface area contributed by atoms with Gasteiger partial charge in [0.05, 0.1) is 0 Å². The molecule has 1 saturated carbocycles. The summed E-state index contributed by atoms with van der Waals surface area (Å²) in [5.74, 6) is 0.777. The fourth-order valence-corrected chi connectivity index (χ4v) is 2.64. The van der Waals surface area contributed by atoms with Gasteiger partial charge in [0.2, 0.25) is 0 Å². The summed E-state index contributed by atoms with van der Waals surface area (Å²) in [6.07, 6.45) is 4.17. The second kappa shape index (κ2) is 3.42. The Labute approximate surface area is 87.3 Å². The second-order valence-electron chi connectivity index (χ2n) is 5.03. The number of benzene rings is 1. The number of aryl methyl sites for hydroxylation is 1. The molecular formula is C14H20. The lowest BCUT2D eigenvalue weighted by molar-refractivity contribution is 0.169. The summed E-state index contributed by atoms with van der Waals surface area (Å²) in [6, 6.07) is 9.15. The molecule has 14 heavy (non-hydrogen) atoms. The van der Waals surface area contributed by atoms with Crippen molar-refractivity contribution in [1.82, 2.24) is 0 Å². The highest BCUT2D eigenvalue weighted by atomic mass is 14.4. The number of hydrogen-bond donors (Lipinski definition) is 0. The third-order valence-electron chi connectivity index (χ3n) is 3.98. The van der Waals surface area contributed by atoms with E-state index < -0.39 is 0 Å². The van der Waals surface area contributed by atoms with Crippen LogP contribution in [0.3, 0.4) is 0 Å². The van der Waals surface area contributed by atoms with E-state index in [1.165, 1.54) is 24.8 Å². The molecule has 0 saturated heterocycles. The van der Waals surface area contributed by atoms with Gasteiger partial charge in [0.15, 0.2) is 0 Å². The molecule has 1 aliphatic rings. The van der Waals surface area contributed by atoms with Crippen LogP contribution in [0, 0.1) is 12.8 Å². The minimum Gasteiger partial charge on any atom is -0.0619 e. The van der Waals surface area contributed by atoms with Crippen LogP contribution in [0.1, 0.15) is 44.2 Å². The van der Waals surface area contributed by atoms with Crippen LogP contribution in [0.25, 0.3) is 0 Å². The molecule has 2 rings (SSSR count). The van der Waals surface area contributed by atoms with Gasteiger partial charge < -0.3 is 0 Å². The van der Waals surface area contributed by atoms with Crippen LogP contribution in [0.2, 0.25) is 0 Å². The van der Waals surface area contributed by atoms with E-state index in [2.05, 4.69) is 45.0 Å². The summed E-state index contributed by atoms with van der Waals surface area (Å²) in [5.41, 5.74) is 3.43. The van der Waals surface area contributed by atoms with Crippen LogP contribution >= 0.6 is 0 Å². The molecule has 1 aliphatic carbocycles. The first-order chi connectivity index (χ1) is 6.65. The van der Waals surface area contributed by atoms with E-state index in [0.29, 0.717) is 5.41 Å². The molecule has 1 fully saturated rings. The van der Waals surface area contributed by atoms with Gasteiger partial charge in [0, 0.05) is 0 Å². The lowest BCUT2D eigenvalue weighted by Gasteiger charge is -2.46. The first kappa shape index (κ1) is 9.76. The van der Waals surface area contributed by atoms with Crippen LogP contribution in [0.4, 0.5) is 0 Å². The zero-order chi connectivity index (χ0) is 10.2. The number of rotatable bonds is 2. The third kappa shape index (κ3) is 1.37. The van der Waals surface area contributed by atoms with Crippen molar-refractivity contribution in [3.63, 3.8) is 0 Å². The average molecular weight is 188 g/mol. The molecule has 0 unspecified atom stereocenters. The van der Waals surface area contributed by atoms with Gasteiger partial charge in [-0.25, -0.2) is 0 Å². The summed E-state index contributed by atoms with van der Waals surface area (Å²) < 4.78 is 0. The van der Waals surface area contributed by atoms with Crippen LogP contribution in [-0.2, 0) is 5.41 Å². The Kier molecular flexibility index (Phi) is 2.38. The Morgan fingerprint density at radius 3 is 2.00 bits per heavy atom. The zero-order valence-corrected chi connectivity index (χ0v) is 9.51. The van der Waals surface area contributed by atoms with E-state index in [9.17, 15) is 0 Å². The van der Waals surface area contributed by atoms with E-state index in [1.54, 1.807) is 5.56 Å². The van der Waals surface area contributed by atoms with Crippen molar-refractivity contribution in [3.8, 4) is 0 Å². The predicted octanol–water partition coefficient (Wildman–Crippen LogP) is 4.07. The molecule has 0 heterocycles. The molecule has 0 atom stereocenters. The smallest absolute Gasteiger partial charge is 0.00240 e. The van der Waals surface area contributed by atoms with E-state index >= 15 is 0 Å². The zero-order valence-electron chi connectivity index (χ0n) is 9.51. The first-order valence-corrected chi connectivity index (χ1v) is 5.72. The molecule has 0 heteroatoms. The molecule has 0 radical (unpaired) electrons. The van der Waals surface area contributed by atoms with Crippen molar-refractivity contribution in [3.05, 3.63) is 35.4 Å². The molecule has 0 amide bonds. The SMILES string of the molecule is Cc1ccc(C2(C(C)C)CCC2)cc1. The van der Waals surface area contributed by atoms with Crippen molar-refractivity contribution in [2.45, 2.75) is 45.4 Å². The Bertz CT molecular complexity index is 301. The Hall–Kier alpha value is -0.780. The number of hydrogen-bond acceptors (Lipinski definition) is 0. The quantitative estimate of drug-likeness (QED) is 0.656. The Morgan fingerprint density at radius 1 is 1.07 bits per heavy atom. The largest absolute Gasteiger partial charge is 0.0619 e. The summed E-state index contributed by atoms with van der Waals surface area (Å²) in [6.45, 7) is 6.88. The van der Waals surface area contributed by atoms with Crippen LogP contribution in [0.15, 0.2) is 24.3 Å². The fraction of sp³-hybridized carbons (Fsp3) is 0.571. The van der Waals surface area contributed by atoms with E-state index in [1.807, 2.05) is 0 Å². The van der Waals surface area contributed by atoms with Crippen molar-refractivity contribution < 1.29 is 0 Å². The molecule has 76 valence electrons. The molecular weight excluding hydrogens is 168 g/mol. The Balaban J connectivity index is 2.32. The van der Waals surface area contributed by atoms with Crippen molar-refractivity contribution in [2.24, 2.45) is 5.92 Å². The normalized spacial score (nSPS) is 19.4. The predicted molar refractivity (Wildman–Crippen MR) is 61.5 cm³/mol. The van der Waals surface area contributed by atoms with E-state index in [4.69, 9.17) is 0 Å². The van der Waals surface area contributed by atoms with Gasteiger partial charge in [0.25, 0.3) is 0 Å². The van der Waals surface area contributed by atoms with Gasteiger partial charge in [0.1, 0.15) is 0 Å². The summed E-state index contributed by atoms with van der Waals surface area (Å²) in [4.78, 5) is 0. The second-order valence-corrected chi connectivity index (χ2v) is 5.03. The van der Waals surface area contributed by atoms with Crippen LogP contribution < -0.4 is 0 Å². The third-order valence-corrected chi connectivity index (χ3v) is 3.98. The van der Waals surface area contributed by atoms with E-state index in [-0.39, 0.29) is 0 Å². The van der Waals surface area contributed by atoms with Gasteiger partial charge in [-0.1, -0.05) is 50.1 Å². The van der Waals surface area contributed by atoms with Crippen molar-refractivity contribution in [2.75, 3.05) is 0 Å². The van der Waals surface area contributed by atoms with Gasteiger partial charge in [-0.15, -0.1) is 0 Å². The summed E-state index contributed by atoms with van der Waals surface area (Å²) in [7, 11) is 0. The maximum atomic E-state index is 2.36. The van der Waals surface area contributed by atoms with E-state index in [0.717, 1.165) is 5.92 Å². The van der Waals surface area contributed by atoms with Gasteiger partial charge >= 0.3 is 0 Å². The monoisotopic (exact) mass is 188 g/mol. The lowest BCUT2D eigenvalue weighted by Crippen LogP contribution is -2.39. The highest BCUT2D eigenvalue weighted by Crippen LogP contribution is 2.49. The highest BCUT2D eigenvalue weighted by Gasteiger charge is 2.40. The molecule has 0 spiro atoms. The van der Waals surface area contributed by atoms with Crippen LogP contribution in [0.5, 0.6) is 0 Å². The molecule has 0 N–H and O–H groups in total. The molecule has 0 aliphatic heterocycles. The molecule has 1 aromatic rings. The lowest BCUT2D eigenvalue weighted by atomic mass is 9.58. The topological polar surface area (TPSA) is 0 Å². The van der Waals surface area contributed by atoms with Gasteiger partial charge in [-0.3, -0.25) is 0 Å². The molecule has 0 aromatic heterocycles. The maximum absolute atomic E-state index is 2.36. The standard InChI is InChI=1S/C14H20/c1-11(2)14(9-4-10-14)13-7-5-12(3)6-8-13/h5-8,11H,4,9-10H2,1-3H3. The first-order valence-electron chi connectivity index (χ1n) is 5.72. The van der Waals surface area contributed by atoms with Gasteiger partial charge in [-0.05, 0) is 36.7 Å². The molecule has 0 nitrogen and oxygen atoms in total. The Morgan fingerprint density at radius 2 is 1.64 bits per heavy atom. The molecule has 0 bridgehead atoms. The molecule has 1 aromatic carbocycles. The minimum atomic E-state index is 0.508. The van der Waals surface area contributed by atoms with Crippen LogP contribution in [-0.4, -0.2) is 0 Å². The van der Waals surface area contributed by atoms with Gasteiger partial charge in [-0.2, -0.15) is 0 Å². The van der Waals surface area contributed by atoms with Crippen molar-refractivity contribution in [1.29, 1.82) is 0 Å². The minimum absolute atomic E-state index is 0.508. The fourth-order valence-electron chi connectivity index (χ4n) is 2.64. The summed E-state index contributed by atoms with van der Waals surface area (Å²) in [5, 5.41) is 0. The summed E-state index contributed by atoms with van der Waals surface area (Å²) >= 11 is 0. The maximum Gasteiger partial charge on any atom is -0.00240 e. The highest BCUT2D eigenvalue weighted by molar-refractivity contribution is 5.31. The average Bonchev–Trinajstić information content (AvgIpc) is 2.05. The van der Waals surface area contributed by atoms with Crippen molar-refractivity contribution >= 4 is 0 Å².